The molecule has 7 heteroatoms. The van der Waals surface area contributed by atoms with Gasteiger partial charge in [0.25, 0.3) is 0 Å². The van der Waals surface area contributed by atoms with Gasteiger partial charge in [0.1, 0.15) is 15.8 Å². The first-order valence-corrected chi connectivity index (χ1v) is 7.55. The maximum Gasteiger partial charge on any atom is 0.140 e. The van der Waals surface area contributed by atoms with E-state index >= 15 is 0 Å². The largest absolute Gasteiger partial charge is 0.573 e. The number of quaternary nitrogens is 1. The third-order valence-electron chi connectivity index (χ3n) is 2.60. The van der Waals surface area contributed by atoms with Crippen molar-refractivity contribution in [1.82, 2.24) is 0 Å². The molecular formula is C13H12ClFN2O2S. The lowest BCUT2D eigenvalue weighted by Crippen LogP contribution is -2.47. The monoisotopic (exact) mass is 314 g/mol. The van der Waals surface area contributed by atoms with Gasteiger partial charge in [-0.05, 0) is 18.2 Å². The van der Waals surface area contributed by atoms with Crippen LogP contribution in [-0.2, 0) is 16.6 Å². The number of hydrogen-bond donors (Lipinski definition) is 1. The Labute approximate surface area is 121 Å². The molecule has 2 rings (SSSR count). The van der Waals surface area contributed by atoms with Gasteiger partial charge in [-0.25, -0.2) is 12.8 Å². The van der Waals surface area contributed by atoms with Crippen LogP contribution in [0.15, 0.2) is 47.4 Å². The smallest absolute Gasteiger partial charge is 0.140 e. The minimum absolute atomic E-state index is 0.150. The summed E-state index contributed by atoms with van der Waals surface area (Å²) in [4.78, 5) is -0.460. The van der Waals surface area contributed by atoms with Gasteiger partial charge >= 0.3 is 0 Å². The first-order valence-electron chi connectivity index (χ1n) is 5.73. The van der Waals surface area contributed by atoms with E-state index in [-0.39, 0.29) is 5.69 Å². The summed E-state index contributed by atoms with van der Waals surface area (Å²) in [7, 11) is -4.13. The summed E-state index contributed by atoms with van der Waals surface area (Å²) in [5.74, 6) is -0.840. The molecule has 0 unspecified atom stereocenters. The first kappa shape index (κ1) is 14.8. The van der Waals surface area contributed by atoms with Gasteiger partial charge in [0.2, 0.25) is 0 Å². The van der Waals surface area contributed by atoms with E-state index in [1.54, 1.807) is 12.1 Å². The highest BCUT2D eigenvalue weighted by Gasteiger charge is 2.12. The molecule has 0 radical (unpaired) electrons. The van der Waals surface area contributed by atoms with Gasteiger partial charge in [-0.3, -0.25) is 0 Å². The molecule has 0 amide bonds. The number of halogens is 2. The quantitative estimate of drug-likeness (QED) is 0.941. The molecule has 0 aliphatic heterocycles. The molecule has 4 nitrogen and oxygen atoms in total. The second-order valence-corrected chi connectivity index (χ2v) is 6.07. The Morgan fingerprint density at radius 3 is 2.60 bits per heavy atom. The molecule has 2 aromatic carbocycles. The van der Waals surface area contributed by atoms with E-state index in [0.29, 0.717) is 17.1 Å². The van der Waals surface area contributed by atoms with Gasteiger partial charge < -0.3 is 10.5 Å². The van der Waals surface area contributed by atoms with Crippen LogP contribution in [0.25, 0.3) is 4.72 Å². The Bertz CT molecular complexity index is 735. The van der Waals surface area contributed by atoms with Crippen LogP contribution in [0.1, 0.15) is 5.56 Å². The minimum Gasteiger partial charge on any atom is -0.573 e. The average Bonchev–Trinajstić information content (AvgIpc) is 2.38. The molecule has 3 N–H and O–H groups in total. The molecule has 2 aromatic rings. The Balaban J connectivity index is 2.40. The molecule has 106 valence electrons. The van der Waals surface area contributed by atoms with Gasteiger partial charge in [0, 0.05) is 10.6 Å². The van der Waals surface area contributed by atoms with Crippen LogP contribution in [0, 0.1) is 5.82 Å². The number of rotatable bonds is 4. The summed E-state index contributed by atoms with van der Waals surface area (Å²) in [6.07, 6.45) is 0. The maximum atomic E-state index is 13.7. The van der Waals surface area contributed by atoms with Crippen molar-refractivity contribution >= 4 is 27.3 Å². The van der Waals surface area contributed by atoms with E-state index in [1.807, 2.05) is 0 Å². The minimum atomic E-state index is -4.13. The van der Waals surface area contributed by atoms with Gasteiger partial charge in [0.15, 0.2) is 0 Å². The van der Waals surface area contributed by atoms with Crippen LogP contribution in [0.3, 0.4) is 0 Å². The third-order valence-corrected chi connectivity index (χ3v) is 4.15. The standard InChI is InChI=1S/C13H11ClFN2O2S/c14-10-2-1-3-11(7-10)17-20(18,19)13-6-9(8-16)4-5-12(13)15/h1-7H,8,16H2/q-1/p+1. The number of benzene rings is 2. The van der Waals surface area contributed by atoms with Crippen molar-refractivity contribution in [3.8, 4) is 0 Å². The van der Waals surface area contributed by atoms with Crippen molar-refractivity contribution in [3.05, 3.63) is 63.6 Å². The Kier molecular flexibility index (Phi) is 4.27. The fraction of sp³-hybridized carbons (Fsp3) is 0.0769. The second kappa shape index (κ2) is 5.78. The van der Waals surface area contributed by atoms with Crippen molar-refractivity contribution in [3.63, 3.8) is 0 Å². The Morgan fingerprint density at radius 1 is 1.20 bits per heavy atom. The van der Waals surface area contributed by atoms with E-state index in [9.17, 15) is 12.8 Å². The molecule has 0 saturated heterocycles. The Hall–Kier alpha value is -1.63. The topological polar surface area (TPSA) is 75.9 Å². The summed E-state index contributed by atoms with van der Waals surface area (Å²) in [6, 6.07) is 9.86. The first-order chi connectivity index (χ1) is 9.42. The molecule has 0 aliphatic rings. The fourth-order valence-corrected chi connectivity index (χ4v) is 2.91. The maximum absolute atomic E-state index is 13.7. The summed E-state index contributed by atoms with van der Waals surface area (Å²) in [6.45, 7) is 0.361. The molecule has 0 saturated carbocycles. The zero-order valence-electron chi connectivity index (χ0n) is 10.4. The van der Waals surface area contributed by atoms with Crippen molar-refractivity contribution in [1.29, 1.82) is 0 Å². The van der Waals surface area contributed by atoms with E-state index in [4.69, 9.17) is 11.6 Å². The lowest BCUT2D eigenvalue weighted by Gasteiger charge is -2.22. The predicted molar refractivity (Wildman–Crippen MR) is 74.6 cm³/mol. The summed E-state index contributed by atoms with van der Waals surface area (Å²) in [5, 5.41) is 0.355. The fourth-order valence-electron chi connectivity index (χ4n) is 1.62. The molecule has 20 heavy (non-hydrogen) atoms. The van der Waals surface area contributed by atoms with Crippen molar-refractivity contribution in [2.45, 2.75) is 11.4 Å². The zero-order chi connectivity index (χ0) is 14.8. The predicted octanol–water partition coefficient (Wildman–Crippen LogP) is 2.62. The number of nitrogens with zero attached hydrogens (tertiary/aromatic N) is 1. The van der Waals surface area contributed by atoms with E-state index < -0.39 is 20.7 Å². The van der Waals surface area contributed by atoms with Crippen molar-refractivity contribution < 1.29 is 18.5 Å². The van der Waals surface area contributed by atoms with Gasteiger partial charge in [0.05, 0.1) is 11.4 Å². The van der Waals surface area contributed by atoms with E-state index in [1.165, 1.54) is 24.3 Å². The van der Waals surface area contributed by atoms with Crippen molar-refractivity contribution in [2.24, 2.45) is 0 Å². The van der Waals surface area contributed by atoms with E-state index in [2.05, 4.69) is 10.5 Å². The molecule has 0 heterocycles. The molecule has 0 fully saturated rings. The zero-order valence-corrected chi connectivity index (χ0v) is 12.0. The average molecular weight is 315 g/mol. The highest BCUT2D eigenvalue weighted by molar-refractivity contribution is 7.94. The third kappa shape index (κ3) is 3.27. The molecular weight excluding hydrogens is 303 g/mol. The molecule has 0 aromatic heterocycles. The number of sulfonamides is 1. The van der Waals surface area contributed by atoms with Gasteiger partial charge in [-0.15, -0.1) is 5.69 Å². The van der Waals surface area contributed by atoms with Crippen LogP contribution in [-0.4, -0.2) is 8.42 Å². The van der Waals surface area contributed by atoms with Crippen LogP contribution in [0.4, 0.5) is 10.1 Å². The van der Waals surface area contributed by atoms with Crippen LogP contribution in [0.2, 0.25) is 5.02 Å². The summed E-state index contributed by atoms with van der Waals surface area (Å²) in [5.41, 5.74) is 4.41. The van der Waals surface area contributed by atoms with Crippen molar-refractivity contribution in [2.75, 3.05) is 0 Å². The van der Waals surface area contributed by atoms with Gasteiger partial charge in [-0.1, -0.05) is 35.9 Å². The van der Waals surface area contributed by atoms with E-state index in [0.717, 1.165) is 6.07 Å². The second-order valence-electron chi connectivity index (χ2n) is 4.06. The summed E-state index contributed by atoms with van der Waals surface area (Å²) < 4.78 is 41.5. The van der Waals surface area contributed by atoms with Crippen LogP contribution < -0.4 is 5.73 Å². The summed E-state index contributed by atoms with van der Waals surface area (Å²) >= 11 is 5.76. The van der Waals surface area contributed by atoms with Crippen LogP contribution in [0.5, 0.6) is 0 Å². The highest BCUT2D eigenvalue weighted by atomic mass is 35.5. The van der Waals surface area contributed by atoms with Gasteiger partial charge in [-0.2, -0.15) is 0 Å². The SMILES string of the molecule is [NH3+]Cc1ccc(F)c(S(=O)(=O)[N-]c2cccc(Cl)c2)c1. The number of hydrogen-bond acceptors (Lipinski definition) is 2. The Morgan fingerprint density at radius 2 is 1.95 bits per heavy atom. The molecule has 0 aliphatic carbocycles. The van der Waals surface area contributed by atoms with Crippen LogP contribution >= 0.6 is 11.6 Å². The normalized spacial score (nSPS) is 11.3. The molecule has 0 atom stereocenters. The molecule has 0 bridgehead atoms. The highest BCUT2D eigenvalue weighted by Crippen LogP contribution is 2.30. The lowest BCUT2D eigenvalue weighted by atomic mass is 10.2. The lowest BCUT2D eigenvalue weighted by molar-refractivity contribution is -0.386. The molecule has 0 spiro atoms.